The van der Waals surface area contributed by atoms with E-state index in [1.54, 1.807) is 0 Å². The minimum absolute atomic E-state index is 0.0533. The third-order valence-electron chi connectivity index (χ3n) is 4.15. The van der Waals surface area contributed by atoms with Gasteiger partial charge in [0.1, 0.15) is 0 Å². The first-order chi connectivity index (χ1) is 11.7. The Labute approximate surface area is 148 Å². The summed E-state index contributed by atoms with van der Waals surface area (Å²) in [6, 6.07) is 0.503. The van der Waals surface area contributed by atoms with Gasteiger partial charge in [-0.05, 0) is 32.6 Å². The van der Waals surface area contributed by atoms with E-state index >= 15 is 0 Å². The molecule has 1 N–H and O–H groups in total. The maximum absolute atomic E-state index is 12.1. The predicted octanol–water partition coefficient (Wildman–Crippen LogP) is 2.71. The SMILES string of the molecule is Cc1csc(NC(=O)CSc2nnc(N3CCCC3)n2C2CC2)n1. The second-order valence-corrected chi connectivity index (χ2v) is 8.01. The minimum atomic E-state index is -0.0533. The second kappa shape index (κ2) is 6.72. The van der Waals surface area contributed by atoms with Crippen LogP contribution >= 0.6 is 23.1 Å². The number of hydrogen-bond acceptors (Lipinski definition) is 7. The molecule has 1 saturated heterocycles. The van der Waals surface area contributed by atoms with E-state index in [1.807, 2.05) is 12.3 Å². The molecule has 0 atom stereocenters. The Balaban J connectivity index is 1.41. The van der Waals surface area contributed by atoms with Crippen molar-refractivity contribution in [3.63, 3.8) is 0 Å². The van der Waals surface area contributed by atoms with Crippen molar-refractivity contribution in [2.45, 2.75) is 43.8 Å². The number of aromatic nitrogens is 4. The van der Waals surface area contributed by atoms with Gasteiger partial charge in [-0.2, -0.15) is 0 Å². The van der Waals surface area contributed by atoms with Crippen molar-refractivity contribution in [3.8, 4) is 0 Å². The van der Waals surface area contributed by atoms with Crippen LogP contribution in [-0.2, 0) is 4.79 Å². The highest BCUT2D eigenvalue weighted by atomic mass is 32.2. The standard InChI is InChI=1S/C15H20N6OS2/c1-10-8-23-13(16-10)17-12(22)9-24-15-19-18-14(20-6-2-3-7-20)21(15)11-4-5-11/h8,11H,2-7,9H2,1H3,(H,16,17,22). The number of carbonyl (C=O) groups excluding carboxylic acids is 1. The Kier molecular flexibility index (Phi) is 4.45. The van der Waals surface area contributed by atoms with E-state index in [-0.39, 0.29) is 5.91 Å². The molecule has 4 rings (SSSR count). The highest BCUT2D eigenvalue weighted by Gasteiger charge is 2.32. The van der Waals surface area contributed by atoms with Crippen molar-refractivity contribution in [2.24, 2.45) is 0 Å². The van der Waals surface area contributed by atoms with E-state index < -0.39 is 0 Å². The van der Waals surface area contributed by atoms with Crippen LogP contribution in [0.5, 0.6) is 0 Å². The average molecular weight is 365 g/mol. The Morgan fingerprint density at radius 3 is 2.83 bits per heavy atom. The number of hydrogen-bond donors (Lipinski definition) is 1. The number of amides is 1. The van der Waals surface area contributed by atoms with Crippen molar-refractivity contribution in [3.05, 3.63) is 11.1 Å². The van der Waals surface area contributed by atoms with Gasteiger partial charge in [-0.3, -0.25) is 9.36 Å². The van der Waals surface area contributed by atoms with Crippen LogP contribution in [0.25, 0.3) is 0 Å². The Morgan fingerprint density at radius 1 is 1.38 bits per heavy atom. The molecule has 2 aromatic heterocycles. The van der Waals surface area contributed by atoms with Crippen molar-refractivity contribution in [1.29, 1.82) is 0 Å². The summed E-state index contributed by atoms with van der Waals surface area (Å²) in [6.07, 6.45) is 4.79. The third-order valence-corrected chi connectivity index (χ3v) is 5.96. The maximum atomic E-state index is 12.1. The fraction of sp³-hybridized carbons (Fsp3) is 0.600. The molecule has 1 saturated carbocycles. The van der Waals surface area contributed by atoms with Crippen LogP contribution in [-0.4, -0.2) is 44.5 Å². The topological polar surface area (TPSA) is 75.9 Å². The lowest BCUT2D eigenvalue weighted by molar-refractivity contribution is -0.113. The van der Waals surface area contributed by atoms with Crippen molar-refractivity contribution in [2.75, 3.05) is 29.1 Å². The summed E-state index contributed by atoms with van der Waals surface area (Å²) in [5, 5.41) is 15.0. The van der Waals surface area contributed by atoms with E-state index in [2.05, 4.69) is 30.0 Å². The predicted molar refractivity (Wildman–Crippen MR) is 95.9 cm³/mol. The van der Waals surface area contributed by atoms with Crippen LogP contribution in [0, 0.1) is 6.92 Å². The first-order valence-corrected chi connectivity index (χ1v) is 10.1. The molecule has 0 unspecified atom stereocenters. The van der Waals surface area contributed by atoms with Gasteiger partial charge in [0.2, 0.25) is 11.9 Å². The summed E-state index contributed by atoms with van der Waals surface area (Å²) < 4.78 is 2.23. The number of nitrogens with zero attached hydrogens (tertiary/aromatic N) is 5. The van der Waals surface area contributed by atoms with E-state index in [0.29, 0.717) is 16.9 Å². The lowest BCUT2D eigenvalue weighted by Gasteiger charge is -2.17. The summed E-state index contributed by atoms with van der Waals surface area (Å²) in [5.74, 6) is 1.25. The summed E-state index contributed by atoms with van der Waals surface area (Å²) in [6.45, 7) is 4.03. The normalized spacial score (nSPS) is 17.5. The molecular formula is C15H20N6OS2. The zero-order chi connectivity index (χ0) is 16.5. The molecule has 1 amide bonds. The first-order valence-electron chi connectivity index (χ1n) is 8.25. The van der Waals surface area contributed by atoms with Gasteiger partial charge in [0.05, 0.1) is 11.4 Å². The average Bonchev–Trinajstić information content (AvgIpc) is 2.98. The van der Waals surface area contributed by atoms with Gasteiger partial charge >= 0.3 is 0 Å². The number of anilines is 2. The van der Waals surface area contributed by atoms with Crippen LogP contribution in [0.2, 0.25) is 0 Å². The fourth-order valence-corrected chi connectivity index (χ4v) is 4.35. The first kappa shape index (κ1) is 15.9. The zero-order valence-corrected chi connectivity index (χ0v) is 15.2. The highest BCUT2D eigenvalue weighted by Crippen LogP contribution is 2.41. The van der Waals surface area contributed by atoms with Gasteiger partial charge in [0.15, 0.2) is 10.3 Å². The van der Waals surface area contributed by atoms with Gasteiger partial charge in [0, 0.05) is 24.5 Å². The summed E-state index contributed by atoms with van der Waals surface area (Å²) in [7, 11) is 0. The van der Waals surface area contributed by atoms with Gasteiger partial charge in [-0.25, -0.2) is 4.98 Å². The van der Waals surface area contributed by atoms with Crippen molar-refractivity contribution in [1.82, 2.24) is 19.7 Å². The number of thioether (sulfide) groups is 1. The molecule has 1 aliphatic heterocycles. The fourth-order valence-electron chi connectivity index (χ4n) is 2.85. The number of aryl methyl sites for hydroxylation is 1. The molecule has 0 radical (unpaired) electrons. The minimum Gasteiger partial charge on any atom is -0.341 e. The van der Waals surface area contributed by atoms with Crippen LogP contribution in [0.3, 0.4) is 0 Å². The molecule has 128 valence electrons. The molecule has 3 heterocycles. The molecule has 0 spiro atoms. The molecule has 2 fully saturated rings. The lowest BCUT2D eigenvalue weighted by atomic mass is 10.4. The Hall–Kier alpha value is -1.61. The van der Waals surface area contributed by atoms with E-state index in [9.17, 15) is 4.79 Å². The molecule has 9 heteroatoms. The van der Waals surface area contributed by atoms with E-state index in [1.165, 1.54) is 48.8 Å². The van der Waals surface area contributed by atoms with Crippen LogP contribution in [0.1, 0.15) is 37.4 Å². The molecule has 2 aromatic rings. The molecule has 1 aliphatic carbocycles. The van der Waals surface area contributed by atoms with Crippen LogP contribution in [0.15, 0.2) is 10.5 Å². The Morgan fingerprint density at radius 2 is 2.17 bits per heavy atom. The van der Waals surface area contributed by atoms with Crippen LogP contribution in [0.4, 0.5) is 11.1 Å². The van der Waals surface area contributed by atoms with E-state index in [4.69, 9.17) is 0 Å². The third kappa shape index (κ3) is 3.41. The molecule has 0 bridgehead atoms. The van der Waals surface area contributed by atoms with Crippen molar-refractivity contribution < 1.29 is 4.79 Å². The van der Waals surface area contributed by atoms with Gasteiger partial charge < -0.3 is 10.2 Å². The highest BCUT2D eigenvalue weighted by molar-refractivity contribution is 7.99. The van der Waals surface area contributed by atoms with Gasteiger partial charge in [0.25, 0.3) is 0 Å². The van der Waals surface area contributed by atoms with Crippen molar-refractivity contribution >= 4 is 40.1 Å². The number of nitrogens with one attached hydrogen (secondary N) is 1. The second-order valence-electron chi connectivity index (χ2n) is 6.21. The number of carbonyl (C=O) groups is 1. The molecule has 2 aliphatic rings. The summed E-state index contributed by atoms with van der Waals surface area (Å²) in [5.41, 5.74) is 0.923. The zero-order valence-electron chi connectivity index (χ0n) is 13.6. The van der Waals surface area contributed by atoms with E-state index in [0.717, 1.165) is 29.9 Å². The number of thiazole rings is 1. The quantitative estimate of drug-likeness (QED) is 0.794. The maximum Gasteiger partial charge on any atom is 0.236 e. The monoisotopic (exact) mass is 364 g/mol. The summed E-state index contributed by atoms with van der Waals surface area (Å²) >= 11 is 2.90. The lowest BCUT2D eigenvalue weighted by Crippen LogP contribution is -2.22. The molecule has 7 nitrogen and oxygen atoms in total. The number of rotatable bonds is 6. The van der Waals surface area contributed by atoms with Gasteiger partial charge in [-0.15, -0.1) is 21.5 Å². The summed E-state index contributed by atoms with van der Waals surface area (Å²) in [4.78, 5) is 18.7. The smallest absolute Gasteiger partial charge is 0.236 e. The molecular weight excluding hydrogens is 344 g/mol. The largest absolute Gasteiger partial charge is 0.341 e. The van der Waals surface area contributed by atoms with Crippen LogP contribution < -0.4 is 10.2 Å². The molecule has 24 heavy (non-hydrogen) atoms. The Bertz CT molecular complexity index is 732. The van der Waals surface area contributed by atoms with Gasteiger partial charge in [-0.1, -0.05) is 11.8 Å². The molecule has 0 aromatic carbocycles.